The average molecular weight is 543 g/mol. The Balaban J connectivity index is 1.78. The van der Waals surface area contributed by atoms with Gasteiger partial charge in [0, 0.05) is 24.0 Å². The molecule has 39 heavy (non-hydrogen) atoms. The van der Waals surface area contributed by atoms with Crippen molar-refractivity contribution in [2.75, 3.05) is 6.67 Å². The second-order valence-corrected chi connectivity index (χ2v) is 10.1. The van der Waals surface area contributed by atoms with Gasteiger partial charge >= 0.3 is 6.36 Å². The van der Waals surface area contributed by atoms with Crippen molar-refractivity contribution in [2.24, 2.45) is 5.92 Å². The number of hydrogen-bond acceptors (Lipinski definition) is 3. The van der Waals surface area contributed by atoms with Gasteiger partial charge in [-0.15, -0.1) is 19.8 Å². The number of halogens is 4. The van der Waals surface area contributed by atoms with E-state index in [2.05, 4.69) is 32.7 Å². The highest BCUT2D eigenvalue weighted by molar-refractivity contribution is 5.95. The largest absolute Gasteiger partial charge is 0.573 e. The minimum Gasteiger partial charge on any atom is -0.406 e. The molecule has 2 unspecified atom stereocenters. The lowest BCUT2D eigenvalue weighted by molar-refractivity contribution is -0.274. The zero-order valence-corrected chi connectivity index (χ0v) is 22.1. The summed E-state index contributed by atoms with van der Waals surface area (Å²) in [6, 6.07) is 8.14. The molecule has 0 bridgehead atoms. The number of aromatic nitrogens is 2. The van der Waals surface area contributed by atoms with E-state index >= 15 is 0 Å². The number of aliphatic hydroxyl groups excluding tert-OH is 1. The molecule has 1 aliphatic rings. The Morgan fingerprint density at radius 3 is 2.64 bits per heavy atom. The maximum absolute atomic E-state index is 13.4. The molecule has 208 valence electrons. The first-order valence-corrected chi connectivity index (χ1v) is 13.5. The van der Waals surface area contributed by atoms with Gasteiger partial charge in [0.1, 0.15) is 5.75 Å². The van der Waals surface area contributed by atoms with E-state index in [-0.39, 0.29) is 24.1 Å². The van der Waals surface area contributed by atoms with Gasteiger partial charge in [0.2, 0.25) is 0 Å². The van der Waals surface area contributed by atoms with Crippen molar-refractivity contribution in [3.05, 3.63) is 60.3 Å². The zero-order chi connectivity index (χ0) is 28.0. The summed E-state index contributed by atoms with van der Waals surface area (Å²) in [4.78, 5) is 4.66. The summed E-state index contributed by atoms with van der Waals surface area (Å²) < 4.78 is 58.8. The van der Waals surface area contributed by atoms with Gasteiger partial charge in [-0.1, -0.05) is 30.9 Å². The summed E-state index contributed by atoms with van der Waals surface area (Å²) in [5, 5.41) is 11.3. The number of aliphatic hydroxyl groups is 1. The lowest BCUT2D eigenvalue weighted by Gasteiger charge is -2.30. The molecule has 4 rings (SSSR count). The molecule has 0 radical (unpaired) electrons. The Labute approximate surface area is 226 Å². The first-order valence-electron chi connectivity index (χ1n) is 13.5. The van der Waals surface area contributed by atoms with Crippen molar-refractivity contribution in [1.29, 1.82) is 0 Å². The van der Waals surface area contributed by atoms with Crippen LogP contribution in [-0.4, -0.2) is 27.7 Å². The summed E-state index contributed by atoms with van der Waals surface area (Å²) in [5.74, 6) is 5.79. The predicted octanol–water partition coefficient (Wildman–Crippen LogP) is 8.45. The number of ether oxygens (including phenoxy) is 1. The highest BCUT2D eigenvalue weighted by atomic mass is 19.4. The van der Waals surface area contributed by atoms with E-state index in [0.717, 1.165) is 36.9 Å². The molecule has 0 amide bonds. The van der Waals surface area contributed by atoms with Crippen LogP contribution in [0.2, 0.25) is 0 Å². The lowest BCUT2D eigenvalue weighted by atomic mass is 9.92. The maximum atomic E-state index is 13.4. The third-order valence-electron chi connectivity index (χ3n) is 7.20. The molecule has 1 aromatic carbocycles. The van der Waals surface area contributed by atoms with Crippen LogP contribution in [0, 0.1) is 17.8 Å². The van der Waals surface area contributed by atoms with Crippen LogP contribution in [-0.2, 0) is 0 Å². The summed E-state index contributed by atoms with van der Waals surface area (Å²) >= 11 is 0. The van der Waals surface area contributed by atoms with Gasteiger partial charge < -0.3 is 14.4 Å². The zero-order valence-electron chi connectivity index (χ0n) is 22.1. The van der Waals surface area contributed by atoms with Crippen LogP contribution in [0.1, 0.15) is 81.6 Å². The quantitative estimate of drug-likeness (QED) is 0.150. The fourth-order valence-corrected chi connectivity index (χ4v) is 4.97. The Morgan fingerprint density at radius 2 is 2.05 bits per heavy atom. The standard InChI is InChI=1S/C31H34F4N2O2/c1-3-5-7-12-25-26-18-24(39-31(33,34)35)14-16-28(26)37(23-10-8-11-23)30(25)27-15-13-22(20-36-27)29(38)17-21(19-32)9-6-4-2/h4,13-16,18,20-21,23,29,38H,2-3,5-6,8-11,17,19H2,1H3. The Morgan fingerprint density at radius 1 is 1.26 bits per heavy atom. The van der Waals surface area contributed by atoms with E-state index < -0.39 is 19.1 Å². The number of fused-ring (bicyclic) bond motifs is 1. The lowest BCUT2D eigenvalue weighted by Crippen LogP contribution is -2.18. The summed E-state index contributed by atoms with van der Waals surface area (Å²) in [6.07, 6.45) is 3.71. The van der Waals surface area contributed by atoms with Gasteiger partial charge in [-0.25, -0.2) is 0 Å². The molecule has 1 N–H and O–H groups in total. The molecule has 1 saturated carbocycles. The first-order chi connectivity index (χ1) is 18.8. The van der Waals surface area contributed by atoms with Gasteiger partial charge in [0.15, 0.2) is 0 Å². The number of hydrogen-bond donors (Lipinski definition) is 1. The molecule has 4 nitrogen and oxygen atoms in total. The molecule has 0 saturated heterocycles. The molecule has 8 heteroatoms. The molecule has 2 heterocycles. The molecule has 2 atom stereocenters. The van der Waals surface area contributed by atoms with Gasteiger partial charge in [0.05, 0.1) is 35.2 Å². The fraction of sp³-hybridized carbons (Fsp3) is 0.452. The molecule has 2 aromatic heterocycles. The molecular weight excluding hydrogens is 508 g/mol. The van der Waals surface area contributed by atoms with Crippen LogP contribution in [0.15, 0.2) is 49.2 Å². The number of alkyl halides is 4. The summed E-state index contributed by atoms with van der Waals surface area (Å²) in [5.41, 5.74) is 3.34. The number of rotatable bonds is 11. The molecule has 0 aliphatic heterocycles. The van der Waals surface area contributed by atoms with Gasteiger partial charge in [-0.05, 0) is 80.7 Å². The predicted molar refractivity (Wildman–Crippen MR) is 145 cm³/mol. The van der Waals surface area contributed by atoms with Crippen molar-refractivity contribution in [1.82, 2.24) is 9.55 Å². The highest BCUT2D eigenvalue weighted by Gasteiger charge is 2.32. The first kappa shape index (κ1) is 28.7. The third kappa shape index (κ3) is 6.83. The van der Waals surface area contributed by atoms with E-state index in [4.69, 9.17) is 0 Å². The van der Waals surface area contributed by atoms with Crippen molar-refractivity contribution in [3.8, 4) is 29.0 Å². The van der Waals surface area contributed by atoms with E-state index in [0.29, 0.717) is 41.5 Å². The second kappa shape index (κ2) is 12.7. The highest BCUT2D eigenvalue weighted by Crippen LogP contribution is 2.43. The molecular formula is C31H34F4N2O2. The Kier molecular flexibility index (Phi) is 9.34. The van der Waals surface area contributed by atoms with Crippen LogP contribution < -0.4 is 4.74 Å². The number of nitrogens with zero attached hydrogens (tertiary/aromatic N) is 2. The van der Waals surface area contributed by atoms with Gasteiger partial charge in [0.25, 0.3) is 0 Å². The normalized spacial score (nSPS) is 15.3. The van der Waals surface area contributed by atoms with Crippen molar-refractivity contribution < 1.29 is 27.4 Å². The number of unbranched alkanes of at least 4 members (excludes halogenated alkanes) is 1. The van der Waals surface area contributed by atoms with E-state index in [9.17, 15) is 22.7 Å². The molecule has 0 spiro atoms. The van der Waals surface area contributed by atoms with Crippen LogP contribution in [0.3, 0.4) is 0 Å². The summed E-state index contributed by atoms with van der Waals surface area (Å²) in [6.45, 7) is 5.17. The minimum atomic E-state index is -4.80. The Hall–Kier alpha value is -3.31. The molecule has 1 fully saturated rings. The van der Waals surface area contributed by atoms with Crippen molar-refractivity contribution in [3.63, 3.8) is 0 Å². The van der Waals surface area contributed by atoms with Crippen LogP contribution in [0.25, 0.3) is 22.3 Å². The SMILES string of the molecule is C=CCCC(CF)CC(O)c1ccc(-c2c(C#CCCC)c3cc(OC(F)(F)F)ccc3n2C2CCC2)nc1. The van der Waals surface area contributed by atoms with E-state index in [1.54, 1.807) is 30.5 Å². The topological polar surface area (TPSA) is 47.3 Å². The molecule has 3 aromatic rings. The van der Waals surface area contributed by atoms with E-state index in [1.165, 1.54) is 12.1 Å². The molecule has 1 aliphatic carbocycles. The average Bonchev–Trinajstić information content (AvgIpc) is 3.17. The summed E-state index contributed by atoms with van der Waals surface area (Å²) in [7, 11) is 0. The minimum absolute atomic E-state index is 0.181. The van der Waals surface area contributed by atoms with Crippen LogP contribution in [0.5, 0.6) is 5.75 Å². The number of allylic oxidation sites excluding steroid dienone is 1. The van der Waals surface area contributed by atoms with Crippen molar-refractivity contribution in [2.45, 2.75) is 76.8 Å². The fourth-order valence-electron chi connectivity index (χ4n) is 4.97. The maximum Gasteiger partial charge on any atom is 0.573 e. The number of benzene rings is 1. The smallest absolute Gasteiger partial charge is 0.406 e. The van der Waals surface area contributed by atoms with Gasteiger partial charge in [-0.2, -0.15) is 0 Å². The number of pyridine rings is 1. The van der Waals surface area contributed by atoms with E-state index in [1.807, 2.05) is 6.92 Å². The van der Waals surface area contributed by atoms with Crippen LogP contribution in [0.4, 0.5) is 17.6 Å². The monoisotopic (exact) mass is 542 g/mol. The van der Waals surface area contributed by atoms with Crippen LogP contribution >= 0.6 is 0 Å². The third-order valence-corrected chi connectivity index (χ3v) is 7.20. The van der Waals surface area contributed by atoms with Gasteiger partial charge in [-0.3, -0.25) is 9.37 Å². The second-order valence-electron chi connectivity index (χ2n) is 10.1. The Bertz CT molecular complexity index is 1330. The van der Waals surface area contributed by atoms with Crippen molar-refractivity contribution >= 4 is 10.9 Å².